The average molecular weight is 349 g/mol. The predicted molar refractivity (Wildman–Crippen MR) is 80.9 cm³/mol. The lowest BCUT2D eigenvalue weighted by molar-refractivity contribution is 0.0698. The van der Waals surface area contributed by atoms with Gasteiger partial charge in [-0.2, -0.15) is 0 Å². The predicted octanol–water partition coefficient (Wildman–Crippen LogP) is 4.14. The van der Waals surface area contributed by atoms with Gasteiger partial charge in [0.15, 0.2) is 0 Å². The Morgan fingerprint density at radius 2 is 2.05 bits per heavy atom. The Morgan fingerprint density at radius 3 is 2.71 bits per heavy atom. The van der Waals surface area contributed by atoms with E-state index in [4.69, 9.17) is 5.11 Å². The molecule has 0 fully saturated rings. The number of imidazole rings is 1. The van der Waals surface area contributed by atoms with Gasteiger partial charge in [-0.05, 0) is 42.8 Å². The number of rotatable bonds is 2. The number of nitrogens with zero attached hydrogens (tertiary/aromatic N) is 1. The summed E-state index contributed by atoms with van der Waals surface area (Å²) in [7, 11) is 0. The van der Waals surface area contributed by atoms with Crippen molar-refractivity contribution in [3.8, 4) is 11.4 Å². The Kier molecular flexibility index (Phi) is 3.25. The molecule has 0 unspecified atom stereocenters. The van der Waals surface area contributed by atoms with E-state index in [-0.39, 0.29) is 11.1 Å². The number of carbonyl (C=O) groups is 1. The molecule has 3 rings (SSSR count). The summed E-state index contributed by atoms with van der Waals surface area (Å²) in [5.74, 6) is -1.31. The van der Waals surface area contributed by atoms with Gasteiger partial charge in [0.2, 0.25) is 0 Å². The first kappa shape index (κ1) is 13.8. The van der Waals surface area contributed by atoms with E-state index in [1.54, 1.807) is 0 Å². The number of aromatic carboxylic acids is 1. The molecule has 1 heterocycles. The molecule has 0 radical (unpaired) electrons. The second-order valence-electron chi connectivity index (χ2n) is 4.76. The molecule has 0 saturated heterocycles. The number of nitrogens with one attached hydrogen (secondary N) is 1. The van der Waals surface area contributed by atoms with Crippen molar-refractivity contribution >= 4 is 32.9 Å². The Balaban J connectivity index is 2.26. The number of fused-ring (bicyclic) bond motifs is 1. The van der Waals surface area contributed by atoms with Crippen molar-refractivity contribution in [3.05, 3.63) is 51.7 Å². The van der Waals surface area contributed by atoms with Crippen molar-refractivity contribution < 1.29 is 14.3 Å². The fourth-order valence-corrected chi connectivity index (χ4v) is 2.86. The summed E-state index contributed by atoms with van der Waals surface area (Å²) in [5.41, 5.74) is 2.29. The fraction of sp³-hybridized carbons (Fsp3) is 0.0667. The lowest BCUT2D eigenvalue weighted by Gasteiger charge is -2.00. The molecule has 2 aromatic carbocycles. The molecule has 0 aliphatic rings. The summed E-state index contributed by atoms with van der Waals surface area (Å²) >= 11 is 3.41. The second-order valence-corrected chi connectivity index (χ2v) is 5.67. The van der Waals surface area contributed by atoms with Gasteiger partial charge < -0.3 is 10.1 Å². The molecule has 0 atom stereocenters. The third kappa shape index (κ3) is 2.54. The van der Waals surface area contributed by atoms with Crippen molar-refractivity contribution in [2.45, 2.75) is 6.92 Å². The topological polar surface area (TPSA) is 66.0 Å². The van der Waals surface area contributed by atoms with Crippen LogP contribution in [0.3, 0.4) is 0 Å². The molecule has 21 heavy (non-hydrogen) atoms. The Hall–Kier alpha value is -2.21. The first-order valence-electron chi connectivity index (χ1n) is 6.14. The van der Waals surface area contributed by atoms with Crippen LogP contribution in [-0.2, 0) is 0 Å². The molecule has 0 saturated carbocycles. The summed E-state index contributed by atoms with van der Waals surface area (Å²) < 4.78 is 14.4. The van der Waals surface area contributed by atoms with Crippen molar-refractivity contribution in [2.24, 2.45) is 0 Å². The maximum atomic E-state index is 13.5. The monoisotopic (exact) mass is 348 g/mol. The van der Waals surface area contributed by atoms with Gasteiger partial charge in [-0.15, -0.1) is 0 Å². The van der Waals surface area contributed by atoms with E-state index in [9.17, 15) is 9.18 Å². The number of hydrogen-bond donors (Lipinski definition) is 2. The zero-order valence-corrected chi connectivity index (χ0v) is 12.5. The first-order valence-corrected chi connectivity index (χ1v) is 6.93. The van der Waals surface area contributed by atoms with E-state index in [2.05, 4.69) is 25.9 Å². The van der Waals surface area contributed by atoms with Crippen LogP contribution in [0.25, 0.3) is 22.4 Å². The molecule has 4 nitrogen and oxygen atoms in total. The zero-order valence-electron chi connectivity index (χ0n) is 10.9. The van der Waals surface area contributed by atoms with Crippen molar-refractivity contribution in [2.75, 3.05) is 0 Å². The number of halogens is 2. The molecular weight excluding hydrogens is 339 g/mol. The number of benzene rings is 2. The summed E-state index contributed by atoms with van der Waals surface area (Å²) in [4.78, 5) is 18.5. The maximum absolute atomic E-state index is 13.5. The molecule has 3 aromatic rings. The Morgan fingerprint density at radius 1 is 1.29 bits per heavy atom. The van der Waals surface area contributed by atoms with Crippen LogP contribution in [0.5, 0.6) is 0 Å². The largest absolute Gasteiger partial charge is 0.478 e. The van der Waals surface area contributed by atoms with Gasteiger partial charge in [-0.3, -0.25) is 0 Å². The normalized spacial score (nSPS) is 11.0. The van der Waals surface area contributed by atoms with Crippen molar-refractivity contribution in [1.82, 2.24) is 9.97 Å². The van der Waals surface area contributed by atoms with Crippen molar-refractivity contribution in [1.29, 1.82) is 0 Å². The molecule has 6 heteroatoms. The number of carboxylic acid groups (broad SMARTS) is 1. The van der Waals surface area contributed by atoms with Crippen LogP contribution in [0.4, 0.5) is 4.39 Å². The molecule has 0 aliphatic carbocycles. The van der Waals surface area contributed by atoms with Crippen LogP contribution in [0.2, 0.25) is 0 Å². The number of aromatic nitrogens is 2. The van der Waals surface area contributed by atoms with Gasteiger partial charge in [0.05, 0.1) is 11.1 Å². The minimum atomic E-state index is -1.21. The highest BCUT2D eigenvalue weighted by molar-refractivity contribution is 9.10. The Bertz CT molecular complexity index is 853. The third-order valence-corrected chi connectivity index (χ3v) is 3.56. The van der Waals surface area contributed by atoms with Gasteiger partial charge in [-0.25, -0.2) is 14.2 Å². The highest BCUT2D eigenvalue weighted by atomic mass is 79.9. The standard InChI is InChI=1S/C15H10BrFN2O2/c1-7-2-8(4-9(16)3-7)14-18-12-6-10(17)5-11(15(20)21)13(12)19-14/h2-6H,1H3,(H,18,19)(H,20,21). The molecule has 1 aromatic heterocycles. The van der Waals surface area contributed by atoms with E-state index in [0.717, 1.165) is 21.7 Å². The number of aryl methyl sites for hydroxylation is 1. The summed E-state index contributed by atoms with van der Waals surface area (Å²) in [6, 6.07) is 7.94. The minimum Gasteiger partial charge on any atom is -0.478 e. The molecule has 0 spiro atoms. The van der Waals surface area contributed by atoms with E-state index >= 15 is 0 Å². The van der Waals surface area contributed by atoms with Gasteiger partial charge in [0, 0.05) is 10.0 Å². The lowest BCUT2D eigenvalue weighted by Crippen LogP contribution is -1.98. The Labute approximate surface area is 127 Å². The highest BCUT2D eigenvalue weighted by Gasteiger charge is 2.16. The first-order chi connectivity index (χ1) is 9.94. The van der Waals surface area contributed by atoms with Gasteiger partial charge in [0.25, 0.3) is 0 Å². The lowest BCUT2D eigenvalue weighted by atomic mass is 10.1. The van der Waals surface area contributed by atoms with Crippen LogP contribution >= 0.6 is 15.9 Å². The van der Waals surface area contributed by atoms with Crippen molar-refractivity contribution in [3.63, 3.8) is 0 Å². The fourth-order valence-electron chi connectivity index (χ4n) is 2.26. The molecule has 0 aliphatic heterocycles. The molecular formula is C15H10BrFN2O2. The highest BCUT2D eigenvalue weighted by Crippen LogP contribution is 2.27. The van der Waals surface area contributed by atoms with Crippen LogP contribution in [0.15, 0.2) is 34.8 Å². The number of aromatic amines is 1. The van der Waals surface area contributed by atoms with Crippen LogP contribution in [0.1, 0.15) is 15.9 Å². The maximum Gasteiger partial charge on any atom is 0.338 e. The summed E-state index contributed by atoms with van der Waals surface area (Å²) in [5, 5.41) is 9.15. The molecule has 0 amide bonds. The van der Waals surface area contributed by atoms with E-state index in [1.807, 2.05) is 25.1 Å². The summed E-state index contributed by atoms with van der Waals surface area (Å²) in [6.45, 7) is 1.94. The van der Waals surface area contributed by atoms with Crippen LogP contribution < -0.4 is 0 Å². The number of carboxylic acids is 1. The number of hydrogen-bond acceptors (Lipinski definition) is 2. The molecule has 0 bridgehead atoms. The van der Waals surface area contributed by atoms with Gasteiger partial charge in [-0.1, -0.05) is 15.9 Å². The summed E-state index contributed by atoms with van der Waals surface area (Å²) in [6.07, 6.45) is 0. The smallest absolute Gasteiger partial charge is 0.338 e. The quantitative estimate of drug-likeness (QED) is 0.731. The average Bonchev–Trinajstić information content (AvgIpc) is 2.79. The zero-order chi connectivity index (χ0) is 15.1. The van der Waals surface area contributed by atoms with Gasteiger partial charge >= 0.3 is 5.97 Å². The van der Waals surface area contributed by atoms with Crippen LogP contribution in [0, 0.1) is 12.7 Å². The number of H-pyrrole nitrogens is 1. The van der Waals surface area contributed by atoms with E-state index < -0.39 is 11.8 Å². The van der Waals surface area contributed by atoms with Gasteiger partial charge in [0.1, 0.15) is 17.2 Å². The third-order valence-electron chi connectivity index (χ3n) is 3.10. The van der Waals surface area contributed by atoms with Crippen LogP contribution in [-0.4, -0.2) is 21.0 Å². The second kappa shape index (κ2) is 4.96. The van der Waals surface area contributed by atoms with E-state index in [1.165, 1.54) is 6.07 Å². The molecule has 2 N–H and O–H groups in total. The SMILES string of the molecule is Cc1cc(Br)cc(-c2nc3c(C(=O)O)cc(F)cc3[nH]2)c1. The minimum absolute atomic E-state index is 0.154. The molecule has 106 valence electrons. The van der Waals surface area contributed by atoms with E-state index in [0.29, 0.717) is 11.3 Å².